The molecule has 0 aromatic carbocycles. The second-order valence-corrected chi connectivity index (χ2v) is 5.83. The van der Waals surface area contributed by atoms with E-state index in [0.717, 1.165) is 24.6 Å². The summed E-state index contributed by atoms with van der Waals surface area (Å²) in [5, 5.41) is 6.93. The molecule has 0 spiro atoms. The largest absolute Gasteiger partial charge is 0.356 e. The predicted molar refractivity (Wildman–Crippen MR) is 108 cm³/mol. The molecule has 0 amide bonds. The van der Waals surface area contributed by atoms with Gasteiger partial charge in [0.1, 0.15) is 0 Å². The standard InChI is InChI=1S/C17H29N5.HI/c1-3-12-22-13-8-16(9-14-22)21-17(18-2)20-11-7-15-6-4-5-10-19-15;/h4-6,10,16H,3,7-9,11-14H2,1-2H3,(H2,18,20,21);1H. The highest BCUT2D eigenvalue weighted by molar-refractivity contribution is 14.0. The molecule has 2 heterocycles. The highest BCUT2D eigenvalue weighted by Gasteiger charge is 2.19. The molecule has 2 rings (SSSR count). The summed E-state index contributed by atoms with van der Waals surface area (Å²) in [5.74, 6) is 0.907. The zero-order valence-corrected chi connectivity index (χ0v) is 16.6. The summed E-state index contributed by atoms with van der Waals surface area (Å²) in [6, 6.07) is 6.57. The van der Waals surface area contributed by atoms with E-state index in [1.54, 1.807) is 0 Å². The molecule has 1 fully saturated rings. The Balaban J connectivity index is 0.00000264. The highest BCUT2D eigenvalue weighted by atomic mass is 127. The lowest BCUT2D eigenvalue weighted by molar-refractivity contribution is 0.206. The average Bonchev–Trinajstić information content (AvgIpc) is 2.57. The summed E-state index contributed by atoms with van der Waals surface area (Å²) >= 11 is 0. The first-order valence-corrected chi connectivity index (χ1v) is 8.41. The Morgan fingerprint density at radius 1 is 1.35 bits per heavy atom. The quantitative estimate of drug-likeness (QED) is 0.412. The monoisotopic (exact) mass is 431 g/mol. The first kappa shape index (κ1) is 20.2. The average molecular weight is 431 g/mol. The van der Waals surface area contributed by atoms with Crippen molar-refractivity contribution in [2.45, 2.75) is 38.6 Å². The fraction of sp³-hybridized carbons (Fsp3) is 0.647. The van der Waals surface area contributed by atoms with Gasteiger partial charge in [-0.15, -0.1) is 24.0 Å². The van der Waals surface area contributed by atoms with Crippen LogP contribution in [0.4, 0.5) is 0 Å². The maximum atomic E-state index is 4.34. The Bertz CT molecular complexity index is 444. The van der Waals surface area contributed by atoms with E-state index in [2.05, 4.69) is 38.5 Å². The van der Waals surface area contributed by atoms with Crippen LogP contribution in [-0.4, -0.2) is 55.1 Å². The van der Waals surface area contributed by atoms with Crippen LogP contribution in [0.25, 0.3) is 0 Å². The maximum absolute atomic E-state index is 4.34. The molecule has 0 unspecified atom stereocenters. The Labute approximate surface area is 157 Å². The first-order chi connectivity index (χ1) is 10.8. The lowest BCUT2D eigenvalue weighted by Crippen LogP contribution is -2.49. The molecule has 6 heteroatoms. The normalized spacial score (nSPS) is 16.7. The Morgan fingerprint density at radius 3 is 2.74 bits per heavy atom. The molecule has 0 bridgehead atoms. The SMILES string of the molecule is CCCN1CCC(NC(=NC)NCCc2ccccn2)CC1.I. The molecule has 130 valence electrons. The van der Waals surface area contributed by atoms with Gasteiger partial charge >= 0.3 is 0 Å². The van der Waals surface area contributed by atoms with Crippen molar-refractivity contribution in [3.05, 3.63) is 30.1 Å². The van der Waals surface area contributed by atoms with Crippen molar-refractivity contribution in [3.8, 4) is 0 Å². The van der Waals surface area contributed by atoms with Gasteiger partial charge in [0.2, 0.25) is 0 Å². The van der Waals surface area contributed by atoms with E-state index in [9.17, 15) is 0 Å². The molecule has 0 atom stereocenters. The smallest absolute Gasteiger partial charge is 0.191 e. The third-order valence-corrected chi connectivity index (χ3v) is 4.09. The molecule has 23 heavy (non-hydrogen) atoms. The summed E-state index contributed by atoms with van der Waals surface area (Å²) in [7, 11) is 1.84. The molecule has 1 aliphatic heterocycles. The number of pyridine rings is 1. The molecule has 1 saturated heterocycles. The molecule has 0 saturated carbocycles. The summed E-state index contributed by atoms with van der Waals surface area (Å²) in [5.41, 5.74) is 1.11. The molecular weight excluding hydrogens is 401 g/mol. The zero-order valence-electron chi connectivity index (χ0n) is 14.3. The van der Waals surface area contributed by atoms with E-state index in [0.29, 0.717) is 6.04 Å². The highest BCUT2D eigenvalue weighted by Crippen LogP contribution is 2.10. The number of nitrogens with one attached hydrogen (secondary N) is 2. The number of halogens is 1. The Kier molecular flexibility index (Phi) is 10.2. The molecule has 5 nitrogen and oxygen atoms in total. The number of likely N-dealkylation sites (tertiary alicyclic amines) is 1. The second-order valence-electron chi connectivity index (χ2n) is 5.83. The second kappa shape index (κ2) is 11.6. The van der Waals surface area contributed by atoms with Crippen LogP contribution in [0.2, 0.25) is 0 Å². The zero-order chi connectivity index (χ0) is 15.6. The van der Waals surface area contributed by atoms with Gasteiger partial charge in [-0.25, -0.2) is 0 Å². The van der Waals surface area contributed by atoms with Crippen molar-refractivity contribution in [1.82, 2.24) is 20.5 Å². The van der Waals surface area contributed by atoms with Gasteiger partial charge in [0, 0.05) is 51.0 Å². The molecule has 0 aliphatic carbocycles. The molecule has 1 aromatic rings. The van der Waals surface area contributed by atoms with E-state index in [1.165, 1.54) is 38.9 Å². The van der Waals surface area contributed by atoms with E-state index in [1.807, 2.05) is 25.4 Å². The van der Waals surface area contributed by atoms with Gasteiger partial charge in [0.25, 0.3) is 0 Å². The maximum Gasteiger partial charge on any atom is 0.191 e. The van der Waals surface area contributed by atoms with Gasteiger partial charge in [0.15, 0.2) is 5.96 Å². The molecule has 0 radical (unpaired) electrons. The van der Waals surface area contributed by atoms with Gasteiger partial charge in [-0.05, 0) is 37.9 Å². The number of hydrogen-bond donors (Lipinski definition) is 2. The molecule has 1 aromatic heterocycles. The van der Waals surface area contributed by atoms with E-state index >= 15 is 0 Å². The van der Waals surface area contributed by atoms with Gasteiger partial charge in [-0.1, -0.05) is 13.0 Å². The number of hydrogen-bond acceptors (Lipinski definition) is 3. The number of nitrogens with zero attached hydrogens (tertiary/aromatic N) is 3. The number of aliphatic imine (C=N–C) groups is 1. The number of aromatic nitrogens is 1. The number of piperidine rings is 1. The third-order valence-electron chi connectivity index (χ3n) is 4.09. The van der Waals surface area contributed by atoms with Crippen LogP contribution in [0.3, 0.4) is 0 Å². The van der Waals surface area contributed by atoms with Crippen LogP contribution in [0.5, 0.6) is 0 Å². The van der Waals surface area contributed by atoms with Crippen LogP contribution in [0, 0.1) is 0 Å². The van der Waals surface area contributed by atoms with E-state index in [-0.39, 0.29) is 24.0 Å². The van der Waals surface area contributed by atoms with Crippen molar-refractivity contribution in [1.29, 1.82) is 0 Å². The van der Waals surface area contributed by atoms with Gasteiger partial charge < -0.3 is 15.5 Å². The topological polar surface area (TPSA) is 52.5 Å². The van der Waals surface area contributed by atoms with Crippen LogP contribution in [0.1, 0.15) is 31.9 Å². The van der Waals surface area contributed by atoms with Crippen LogP contribution in [0.15, 0.2) is 29.4 Å². The first-order valence-electron chi connectivity index (χ1n) is 8.41. The molecule has 1 aliphatic rings. The van der Waals surface area contributed by atoms with Gasteiger partial charge in [0.05, 0.1) is 0 Å². The van der Waals surface area contributed by atoms with Gasteiger partial charge in [-0.3, -0.25) is 9.98 Å². The fourth-order valence-corrected chi connectivity index (χ4v) is 2.86. The summed E-state index contributed by atoms with van der Waals surface area (Å²) < 4.78 is 0. The molecule has 2 N–H and O–H groups in total. The van der Waals surface area contributed by atoms with E-state index in [4.69, 9.17) is 0 Å². The van der Waals surface area contributed by atoms with Crippen molar-refractivity contribution < 1.29 is 0 Å². The Hall–Kier alpha value is -0.890. The summed E-state index contributed by atoms with van der Waals surface area (Å²) in [4.78, 5) is 11.2. The number of rotatable bonds is 6. The summed E-state index contributed by atoms with van der Waals surface area (Å²) in [6.45, 7) is 6.71. The van der Waals surface area contributed by atoms with Crippen molar-refractivity contribution in [2.75, 3.05) is 33.2 Å². The Morgan fingerprint density at radius 2 is 2.13 bits per heavy atom. The molecular formula is C17H30IN5. The fourth-order valence-electron chi connectivity index (χ4n) is 2.86. The van der Waals surface area contributed by atoms with Crippen molar-refractivity contribution in [2.24, 2.45) is 4.99 Å². The van der Waals surface area contributed by atoms with Crippen molar-refractivity contribution >= 4 is 29.9 Å². The third kappa shape index (κ3) is 7.48. The van der Waals surface area contributed by atoms with Crippen molar-refractivity contribution in [3.63, 3.8) is 0 Å². The minimum Gasteiger partial charge on any atom is -0.356 e. The van der Waals surface area contributed by atoms with Gasteiger partial charge in [-0.2, -0.15) is 0 Å². The lowest BCUT2D eigenvalue weighted by Gasteiger charge is -2.32. The minimum absolute atomic E-state index is 0. The van der Waals surface area contributed by atoms with Crippen LogP contribution >= 0.6 is 24.0 Å². The van der Waals surface area contributed by atoms with Crippen LogP contribution in [-0.2, 0) is 6.42 Å². The summed E-state index contributed by atoms with van der Waals surface area (Å²) in [6.07, 6.45) is 6.39. The predicted octanol–water partition coefficient (Wildman–Crippen LogP) is 2.28. The number of guanidine groups is 1. The minimum atomic E-state index is 0. The van der Waals surface area contributed by atoms with E-state index < -0.39 is 0 Å². The van der Waals surface area contributed by atoms with Crippen LogP contribution < -0.4 is 10.6 Å². The lowest BCUT2D eigenvalue weighted by atomic mass is 10.1.